The number of benzene rings is 4. The summed E-state index contributed by atoms with van der Waals surface area (Å²) in [5.41, 5.74) is 3.94. The number of aliphatic hydroxyl groups excluding tert-OH is 1. The molecule has 4 aromatic carbocycles. The van der Waals surface area contributed by atoms with Gasteiger partial charge in [-0.05, 0) is 22.3 Å². The molecular formula is C28H26O3. The molecule has 31 heavy (non-hydrogen) atoms. The Labute approximate surface area is 183 Å². The normalized spacial score (nSPS) is 10.4. The molecule has 3 heteroatoms. The molecule has 0 amide bonds. The molecule has 0 heterocycles. The van der Waals surface area contributed by atoms with E-state index in [-0.39, 0.29) is 12.3 Å². The molecule has 2 N–H and O–H groups in total. The van der Waals surface area contributed by atoms with Gasteiger partial charge in [0.1, 0.15) is 6.10 Å². The van der Waals surface area contributed by atoms with Crippen molar-refractivity contribution in [2.45, 2.75) is 18.4 Å². The van der Waals surface area contributed by atoms with Crippen molar-refractivity contribution in [1.29, 1.82) is 0 Å². The van der Waals surface area contributed by atoms with Gasteiger partial charge in [0.2, 0.25) is 0 Å². The summed E-state index contributed by atoms with van der Waals surface area (Å²) in [6.45, 7) is 0. The quantitative estimate of drug-likeness (QED) is 0.406. The second-order valence-corrected chi connectivity index (χ2v) is 7.20. The van der Waals surface area contributed by atoms with Gasteiger partial charge in [0.05, 0.1) is 6.42 Å². The summed E-state index contributed by atoms with van der Waals surface area (Å²) in [5.74, 6) is -0.849. The number of aliphatic carboxylic acids is 1. The second-order valence-electron chi connectivity index (χ2n) is 7.20. The Hall–Kier alpha value is -3.69. The second kappa shape index (κ2) is 11.5. The van der Waals surface area contributed by atoms with E-state index in [2.05, 4.69) is 0 Å². The van der Waals surface area contributed by atoms with Gasteiger partial charge < -0.3 is 10.2 Å². The minimum atomic E-state index is -0.775. The van der Waals surface area contributed by atoms with Crippen molar-refractivity contribution < 1.29 is 15.0 Å². The molecule has 0 bridgehead atoms. The van der Waals surface area contributed by atoms with Gasteiger partial charge >= 0.3 is 5.97 Å². The van der Waals surface area contributed by atoms with Crippen molar-refractivity contribution in [2.75, 3.05) is 0 Å². The maximum absolute atomic E-state index is 11.0. The van der Waals surface area contributed by atoms with Crippen LogP contribution in [0.3, 0.4) is 0 Å². The Bertz CT molecular complexity index is 954. The molecule has 0 radical (unpaired) electrons. The van der Waals surface area contributed by atoms with E-state index in [0.717, 1.165) is 22.3 Å². The smallest absolute Gasteiger partial charge is 0.304 e. The third-order valence-electron chi connectivity index (χ3n) is 5.01. The van der Waals surface area contributed by atoms with Crippen LogP contribution in [0, 0.1) is 0 Å². The van der Waals surface area contributed by atoms with E-state index in [0.29, 0.717) is 0 Å². The lowest BCUT2D eigenvalue weighted by atomic mass is 9.89. The van der Waals surface area contributed by atoms with Crippen molar-refractivity contribution in [2.24, 2.45) is 0 Å². The topological polar surface area (TPSA) is 57.5 Å². The molecule has 0 aromatic heterocycles. The van der Waals surface area contributed by atoms with E-state index in [1.54, 1.807) is 0 Å². The predicted molar refractivity (Wildman–Crippen MR) is 124 cm³/mol. The summed E-state index contributed by atoms with van der Waals surface area (Å²) in [7, 11) is 0. The van der Waals surface area contributed by atoms with Gasteiger partial charge in [-0.25, -0.2) is 0 Å². The van der Waals surface area contributed by atoms with Crippen molar-refractivity contribution in [3.63, 3.8) is 0 Å². The van der Waals surface area contributed by atoms with Crippen LogP contribution in [0.5, 0.6) is 0 Å². The lowest BCUT2D eigenvalue weighted by Gasteiger charge is -2.15. The number of carboxylic acids is 1. The molecule has 4 aromatic rings. The molecule has 0 atom stereocenters. The zero-order valence-electron chi connectivity index (χ0n) is 17.2. The maximum atomic E-state index is 11.0. The Morgan fingerprint density at radius 3 is 1.13 bits per heavy atom. The van der Waals surface area contributed by atoms with Crippen LogP contribution in [0.25, 0.3) is 0 Å². The molecular weight excluding hydrogens is 384 g/mol. The van der Waals surface area contributed by atoms with Crippen molar-refractivity contribution in [1.82, 2.24) is 0 Å². The van der Waals surface area contributed by atoms with Gasteiger partial charge in [-0.2, -0.15) is 0 Å². The SMILES string of the molecule is O=C(O)CC(c1ccccc1)c1ccccc1.OC(c1ccccc1)c1ccccc1. The molecule has 0 aliphatic rings. The maximum Gasteiger partial charge on any atom is 0.304 e. The zero-order chi connectivity index (χ0) is 21.9. The molecule has 0 saturated carbocycles. The summed E-state index contributed by atoms with van der Waals surface area (Å²) in [5, 5.41) is 19.0. The van der Waals surface area contributed by atoms with Crippen LogP contribution in [0.15, 0.2) is 121 Å². The van der Waals surface area contributed by atoms with Gasteiger partial charge in [-0.15, -0.1) is 0 Å². The highest BCUT2D eigenvalue weighted by Crippen LogP contribution is 2.27. The molecule has 4 rings (SSSR count). The van der Waals surface area contributed by atoms with Crippen LogP contribution >= 0.6 is 0 Å². The van der Waals surface area contributed by atoms with Crippen LogP contribution in [0.4, 0.5) is 0 Å². The Balaban J connectivity index is 0.000000179. The zero-order valence-corrected chi connectivity index (χ0v) is 17.2. The number of hydrogen-bond donors (Lipinski definition) is 2. The van der Waals surface area contributed by atoms with Crippen molar-refractivity contribution in [3.8, 4) is 0 Å². The Morgan fingerprint density at radius 2 is 0.839 bits per heavy atom. The van der Waals surface area contributed by atoms with Crippen molar-refractivity contribution in [3.05, 3.63) is 144 Å². The largest absolute Gasteiger partial charge is 0.481 e. The predicted octanol–water partition coefficient (Wildman–Crippen LogP) is 6.06. The van der Waals surface area contributed by atoms with Gasteiger partial charge in [-0.3, -0.25) is 4.79 Å². The number of aliphatic hydroxyl groups is 1. The Kier molecular flexibility index (Phi) is 8.15. The average molecular weight is 411 g/mol. The number of hydrogen-bond acceptors (Lipinski definition) is 2. The molecule has 156 valence electrons. The van der Waals surface area contributed by atoms with Crippen LogP contribution in [-0.4, -0.2) is 16.2 Å². The summed E-state index contributed by atoms with van der Waals surface area (Å²) in [4.78, 5) is 11.0. The molecule has 3 nitrogen and oxygen atoms in total. The summed E-state index contributed by atoms with van der Waals surface area (Å²) >= 11 is 0. The fourth-order valence-electron chi connectivity index (χ4n) is 3.44. The molecule has 0 saturated heterocycles. The molecule has 0 aliphatic carbocycles. The first-order valence-corrected chi connectivity index (χ1v) is 10.2. The standard InChI is InChI=1S/C15H14O2.C13H12O/c16-15(17)11-14(12-7-3-1-4-8-12)13-9-5-2-6-10-13;14-13(11-7-3-1-4-8-11)12-9-5-2-6-10-12/h1-10,14H,11H2,(H,16,17);1-10,13-14H. The number of carboxylic acid groups (broad SMARTS) is 1. The van der Waals surface area contributed by atoms with Crippen molar-refractivity contribution >= 4 is 5.97 Å². The van der Waals surface area contributed by atoms with Gasteiger partial charge in [-0.1, -0.05) is 121 Å². The van der Waals surface area contributed by atoms with Gasteiger partial charge in [0.25, 0.3) is 0 Å². The lowest BCUT2D eigenvalue weighted by Crippen LogP contribution is -2.07. The van der Waals surface area contributed by atoms with E-state index in [9.17, 15) is 9.90 Å². The highest BCUT2D eigenvalue weighted by Gasteiger charge is 2.17. The molecule has 0 unspecified atom stereocenters. The van der Waals surface area contributed by atoms with Crippen LogP contribution < -0.4 is 0 Å². The highest BCUT2D eigenvalue weighted by atomic mass is 16.4. The molecule has 0 spiro atoms. The minimum Gasteiger partial charge on any atom is -0.481 e. The minimum absolute atomic E-state index is 0.0742. The molecule has 0 aliphatic heterocycles. The van der Waals surface area contributed by atoms with E-state index >= 15 is 0 Å². The fourth-order valence-corrected chi connectivity index (χ4v) is 3.44. The average Bonchev–Trinajstić information content (AvgIpc) is 2.84. The van der Waals surface area contributed by atoms with Crippen LogP contribution in [-0.2, 0) is 4.79 Å². The summed E-state index contributed by atoms with van der Waals surface area (Å²) < 4.78 is 0. The first-order valence-electron chi connectivity index (χ1n) is 10.2. The van der Waals surface area contributed by atoms with E-state index in [4.69, 9.17) is 5.11 Å². The first-order chi connectivity index (χ1) is 15.1. The highest BCUT2D eigenvalue weighted by molar-refractivity contribution is 5.69. The number of rotatable bonds is 6. The van der Waals surface area contributed by atoms with E-state index in [1.165, 1.54) is 0 Å². The monoisotopic (exact) mass is 410 g/mol. The summed E-state index contributed by atoms with van der Waals surface area (Å²) in [6.07, 6.45) is -0.397. The molecule has 0 fully saturated rings. The third-order valence-corrected chi connectivity index (χ3v) is 5.01. The van der Waals surface area contributed by atoms with E-state index in [1.807, 2.05) is 121 Å². The van der Waals surface area contributed by atoms with Gasteiger partial charge in [0.15, 0.2) is 0 Å². The fraction of sp³-hybridized carbons (Fsp3) is 0.107. The number of carbonyl (C=O) groups is 1. The van der Waals surface area contributed by atoms with Gasteiger partial charge in [0, 0.05) is 5.92 Å². The lowest BCUT2D eigenvalue weighted by molar-refractivity contribution is -0.137. The van der Waals surface area contributed by atoms with Crippen LogP contribution in [0.1, 0.15) is 40.7 Å². The first kappa shape index (κ1) is 22.0. The van der Waals surface area contributed by atoms with Crippen LogP contribution in [0.2, 0.25) is 0 Å². The summed E-state index contributed by atoms with van der Waals surface area (Å²) in [6, 6.07) is 38.8. The Morgan fingerprint density at radius 1 is 0.548 bits per heavy atom. The van der Waals surface area contributed by atoms with E-state index < -0.39 is 12.1 Å². The third kappa shape index (κ3) is 6.66.